The quantitative estimate of drug-likeness (QED) is 0.100. The zero-order valence-electron chi connectivity index (χ0n) is 20.9. The van der Waals surface area contributed by atoms with E-state index in [0.717, 1.165) is 28.0 Å². The van der Waals surface area contributed by atoms with Crippen molar-refractivity contribution in [3.8, 4) is 0 Å². The van der Waals surface area contributed by atoms with Crippen LogP contribution >= 0.6 is 34.9 Å². The number of H-pyrrole nitrogens is 1. The lowest BCUT2D eigenvalue weighted by Crippen LogP contribution is -2.71. The monoisotopic (exact) mass is 622 g/mol. The number of fused-ring (bicyclic) bond motifs is 1. The second-order valence-corrected chi connectivity index (χ2v) is 12.1. The van der Waals surface area contributed by atoms with Gasteiger partial charge >= 0.3 is 17.6 Å². The normalized spacial score (nSPS) is 21.7. The zero-order chi connectivity index (χ0) is 29.3. The van der Waals surface area contributed by atoms with Crippen molar-refractivity contribution in [2.24, 2.45) is 5.16 Å². The van der Waals surface area contributed by atoms with Crippen LogP contribution < -0.4 is 16.7 Å². The summed E-state index contributed by atoms with van der Waals surface area (Å²) in [6, 6.07) is -1.09. The summed E-state index contributed by atoms with van der Waals surface area (Å²) < 4.78 is 0. The number of oxime groups is 1. The molecule has 0 aromatic carbocycles. The molecule has 41 heavy (non-hydrogen) atoms. The smallest absolute Gasteiger partial charge is 0.362 e. The first-order chi connectivity index (χ1) is 19.6. The summed E-state index contributed by atoms with van der Waals surface area (Å²) >= 11 is 3.38. The molecule has 1 aliphatic carbocycles. The number of aromatic amines is 1. The van der Waals surface area contributed by atoms with Crippen molar-refractivity contribution in [2.75, 3.05) is 17.2 Å². The second-order valence-electron chi connectivity index (χ2n) is 9.14. The number of aromatic nitrogens is 4. The summed E-state index contributed by atoms with van der Waals surface area (Å²) in [5, 5.41) is 33.0. The Morgan fingerprint density at radius 1 is 1.27 bits per heavy atom. The highest BCUT2D eigenvalue weighted by molar-refractivity contribution is 8.01. The standard InChI is InChI=1S/C22H22N8O8S3/c23-20-25-10(8-41-20)12(29-38-22(19(35)36)3-1-2-4-22)15(31)27-13-16(32)30-14(18(33)34)9(7-40-17(13)30)6-39-11-5-24-28-21(37)26-11/h5,8,13,17H,1-4,6-7H2,(H2,23,25)(H,27,31)(H,33,34)(H,35,36)(H,26,28,37)/t13?,17-/m1/s1. The van der Waals surface area contributed by atoms with Crippen LogP contribution in [0, 0.1) is 0 Å². The number of carbonyl (C=O) groups excluding carboxylic acids is 2. The predicted octanol–water partition coefficient (Wildman–Crippen LogP) is -0.147. The first-order valence-electron chi connectivity index (χ1n) is 12.1. The lowest BCUT2D eigenvalue weighted by Gasteiger charge is -2.49. The van der Waals surface area contributed by atoms with Crippen molar-refractivity contribution in [3.63, 3.8) is 0 Å². The largest absolute Gasteiger partial charge is 0.478 e. The summed E-state index contributed by atoms with van der Waals surface area (Å²) in [6.45, 7) is 0. The molecule has 0 radical (unpaired) electrons. The Hall–Kier alpha value is -3.97. The highest BCUT2D eigenvalue weighted by Crippen LogP contribution is 2.41. The Bertz CT molecular complexity index is 1530. The van der Waals surface area contributed by atoms with E-state index in [0.29, 0.717) is 18.4 Å². The number of anilines is 1. The average molecular weight is 623 g/mol. The maximum absolute atomic E-state index is 13.3. The Balaban J connectivity index is 1.33. The molecule has 2 amide bonds. The molecule has 5 rings (SSSR count). The third-order valence-corrected chi connectivity index (χ3v) is 9.57. The fourth-order valence-electron chi connectivity index (χ4n) is 4.56. The summed E-state index contributed by atoms with van der Waals surface area (Å²) in [5.74, 6) is -3.65. The number of thiazole rings is 1. The topological polar surface area (TPSA) is 243 Å². The molecule has 16 nitrogen and oxygen atoms in total. The number of nitrogen functional groups attached to an aromatic ring is 1. The van der Waals surface area contributed by atoms with Crippen LogP contribution in [0.25, 0.3) is 0 Å². The molecule has 3 aliphatic rings. The van der Waals surface area contributed by atoms with Crippen LogP contribution in [0.2, 0.25) is 0 Å². The van der Waals surface area contributed by atoms with E-state index >= 15 is 0 Å². The van der Waals surface area contributed by atoms with Gasteiger partial charge in [-0.05, 0) is 18.4 Å². The molecule has 6 N–H and O–H groups in total. The van der Waals surface area contributed by atoms with Gasteiger partial charge in [0.05, 0.1) is 6.20 Å². The van der Waals surface area contributed by atoms with Crippen LogP contribution in [0.3, 0.4) is 0 Å². The summed E-state index contributed by atoms with van der Waals surface area (Å²) in [7, 11) is 0. The molecule has 4 heterocycles. The first-order valence-corrected chi connectivity index (χ1v) is 15.0. The SMILES string of the molecule is Nc1nc(C(=NOC2(C(=O)O)CCCC2)C(=O)NC2C(=O)N3C(C(=O)O)=C(CSc4cn[nH]c(=O)n4)CS[C@H]23)cs1. The van der Waals surface area contributed by atoms with Crippen LogP contribution in [0.4, 0.5) is 5.13 Å². The molecule has 0 bridgehead atoms. The molecule has 2 aromatic rings. The number of amides is 2. The van der Waals surface area contributed by atoms with Crippen LogP contribution in [0.1, 0.15) is 31.4 Å². The van der Waals surface area contributed by atoms with Gasteiger partial charge < -0.3 is 26.1 Å². The number of aliphatic carboxylic acids is 2. The van der Waals surface area contributed by atoms with Crippen molar-refractivity contribution < 1.29 is 34.2 Å². The molecule has 0 spiro atoms. The Morgan fingerprint density at radius 3 is 2.66 bits per heavy atom. The fraction of sp³-hybridized carbons (Fsp3) is 0.409. The van der Waals surface area contributed by atoms with Gasteiger partial charge in [0.1, 0.15) is 27.8 Å². The number of thioether (sulfide) groups is 2. The zero-order valence-corrected chi connectivity index (χ0v) is 23.4. The number of nitrogens with zero attached hydrogens (tertiary/aromatic N) is 5. The summed E-state index contributed by atoms with van der Waals surface area (Å²) in [5.41, 5.74) is 3.40. The third kappa shape index (κ3) is 5.64. The second kappa shape index (κ2) is 11.5. The number of rotatable bonds is 10. The average Bonchev–Trinajstić information content (AvgIpc) is 3.60. The molecular weight excluding hydrogens is 600 g/mol. The number of carboxylic acid groups (broad SMARTS) is 2. The minimum atomic E-state index is -1.58. The van der Waals surface area contributed by atoms with Crippen molar-refractivity contribution >= 4 is 69.5 Å². The number of hydrogen-bond donors (Lipinski definition) is 5. The molecule has 2 aliphatic heterocycles. The van der Waals surface area contributed by atoms with E-state index in [1.165, 1.54) is 23.3 Å². The van der Waals surface area contributed by atoms with Gasteiger partial charge in [-0.15, -0.1) is 34.9 Å². The Kier molecular flexibility index (Phi) is 8.00. The van der Waals surface area contributed by atoms with E-state index in [1.807, 2.05) is 0 Å². The first kappa shape index (κ1) is 28.6. The number of nitrogens with two attached hydrogens (primary N) is 1. The minimum absolute atomic E-state index is 0.0386. The summed E-state index contributed by atoms with van der Waals surface area (Å²) in [6.07, 6.45) is 3.00. The number of carbonyl (C=O) groups is 4. The lowest BCUT2D eigenvalue weighted by atomic mass is 10.0. The lowest BCUT2D eigenvalue weighted by molar-refractivity contribution is -0.165. The molecular formula is C22H22N8O8S3. The number of carboxylic acids is 2. The molecule has 2 atom stereocenters. The van der Waals surface area contributed by atoms with Crippen molar-refractivity contribution in [3.05, 3.63) is 39.0 Å². The molecule has 1 unspecified atom stereocenters. The fourth-order valence-corrected chi connectivity index (χ4v) is 7.41. The molecule has 1 saturated carbocycles. The van der Waals surface area contributed by atoms with Crippen molar-refractivity contribution in [1.29, 1.82) is 0 Å². The van der Waals surface area contributed by atoms with E-state index in [-0.39, 0.29) is 51.6 Å². The van der Waals surface area contributed by atoms with Gasteiger partial charge in [0.2, 0.25) is 5.60 Å². The minimum Gasteiger partial charge on any atom is -0.478 e. The molecule has 2 aromatic heterocycles. The van der Waals surface area contributed by atoms with E-state index < -0.39 is 46.5 Å². The number of hydrogen-bond acceptors (Lipinski definition) is 14. The van der Waals surface area contributed by atoms with Gasteiger partial charge in [-0.1, -0.05) is 5.16 Å². The predicted molar refractivity (Wildman–Crippen MR) is 146 cm³/mol. The summed E-state index contributed by atoms with van der Waals surface area (Å²) in [4.78, 5) is 76.2. The van der Waals surface area contributed by atoms with Crippen LogP contribution in [0.15, 0.2) is 37.8 Å². The molecule has 216 valence electrons. The highest BCUT2D eigenvalue weighted by Gasteiger charge is 2.54. The van der Waals surface area contributed by atoms with Crippen molar-refractivity contribution in [2.45, 2.75) is 47.7 Å². The van der Waals surface area contributed by atoms with Crippen molar-refractivity contribution in [1.82, 2.24) is 30.4 Å². The molecule has 1 saturated heterocycles. The molecule has 2 fully saturated rings. The maximum Gasteiger partial charge on any atom is 0.362 e. The van der Waals surface area contributed by atoms with E-state index in [4.69, 9.17) is 10.6 Å². The van der Waals surface area contributed by atoms with E-state index in [1.54, 1.807) is 0 Å². The highest BCUT2D eigenvalue weighted by atomic mass is 32.2. The number of nitrogens with one attached hydrogen (secondary N) is 2. The Morgan fingerprint density at radius 2 is 2.02 bits per heavy atom. The van der Waals surface area contributed by atoms with Gasteiger partial charge in [0, 0.05) is 29.7 Å². The maximum atomic E-state index is 13.3. The molecule has 19 heteroatoms. The van der Waals surface area contributed by atoms with E-state index in [2.05, 4.69) is 30.6 Å². The number of β-lactam (4-membered cyclic amide) rings is 1. The van der Waals surface area contributed by atoms with Crippen LogP contribution in [-0.4, -0.2) is 93.3 Å². The van der Waals surface area contributed by atoms with E-state index in [9.17, 15) is 34.2 Å². The Labute approximate surface area is 242 Å². The van der Waals surface area contributed by atoms with Gasteiger partial charge in [-0.25, -0.2) is 24.5 Å². The van der Waals surface area contributed by atoms with Crippen LogP contribution in [-0.2, 0) is 24.0 Å². The van der Waals surface area contributed by atoms with Crippen LogP contribution in [0.5, 0.6) is 0 Å². The van der Waals surface area contributed by atoms with Gasteiger partial charge in [-0.3, -0.25) is 14.5 Å². The third-order valence-electron chi connectivity index (χ3n) is 6.57. The van der Waals surface area contributed by atoms with Gasteiger partial charge in [0.25, 0.3) is 11.8 Å². The van der Waals surface area contributed by atoms with Gasteiger partial charge in [0.15, 0.2) is 10.8 Å². The van der Waals surface area contributed by atoms with Gasteiger partial charge in [-0.2, -0.15) is 10.1 Å².